The first kappa shape index (κ1) is 15.3. The van der Waals surface area contributed by atoms with E-state index in [0.29, 0.717) is 11.8 Å². The van der Waals surface area contributed by atoms with E-state index in [0.717, 1.165) is 58.8 Å². The Morgan fingerprint density at radius 1 is 0.960 bits per heavy atom. The third-order valence-corrected chi connectivity index (χ3v) is 5.70. The van der Waals surface area contributed by atoms with Gasteiger partial charge in [0.1, 0.15) is 5.82 Å². The number of hydrogen-bond acceptors (Lipinski definition) is 5. The molecule has 1 aromatic carbocycles. The van der Waals surface area contributed by atoms with Crippen LogP contribution < -0.4 is 4.90 Å². The molecule has 5 rings (SSSR count). The number of anilines is 1. The molecule has 0 N–H and O–H groups in total. The molecule has 1 saturated carbocycles. The van der Waals surface area contributed by atoms with E-state index in [1.54, 1.807) is 0 Å². The lowest BCUT2D eigenvalue weighted by Crippen LogP contribution is -2.33. The van der Waals surface area contributed by atoms with E-state index in [1.807, 2.05) is 6.07 Å². The van der Waals surface area contributed by atoms with Crippen molar-refractivity contribution in [2.45, 2.75) is 37.5 Å². The zero-order valence-electron chi connectivity index (χ0n) is 13.9. The molecular formula is C19H19BrN4O. The van der Waals surface area contributed by atoms with Gasteiger partial charge in [0.15, 0.2) is 5.82 Å². The quantitative estimate of drug-likeness (QED) is 0.642. The standard InChI is InChI=1S/C19H19BrN4O/c20-15-4-5-16-14(11-15)3-6-17(21-16)24-9-7-12(8-10-24)18-22-19(25-23-18)13-1-2-13/h3-6,11-13H,1-2,7-10H2. The number of nitrogens with zero attached hydrogens (tertiary/aromatic N) is 4. The van der Waals surface area contributed by atoms with Crippen LogP contribution in [0.2, 0.25) is 0 Å². The summed E-state index contributed by atoms with van der Waals surface area (Å²) in [5.41, 5.74) is 1.04. The predicted molar refractivity (Wildman–Crippen MR) is 99.9 cm³/mol. The van der Waals surface area contributed by atoms with Crippen molar-refractivity contribution < 1.29 is 4.52 Å². The topological polar surface area (TPSA) is 55.1 Å². The first-order valence-electron chi connectivity index (χ1n) is 8.91. The molecule has 6 heteroatoms. The smallest absolute Gasteiger partial charge is 0.229 e. The molecule has 3 aromatic rings. The number of fused-ring (bicyclic) bond motifs is 1. The van der Waals surface area contributed by atoms with Crippen molar-refractivity contribution in [3.05, 3.63) is 46.5 Å². The summed E-state index contributed by atoms with van der Waals surface area (Å²) in [6, 6.07) is 10.5. The Kier molecular flexibility index (Phi) is 3.73. The molecule has 128 valence electrons. The summed E-state index contributed by atoms with van der Waals surface area (Å²) in [7, 11) is 0. The lowest BCUT2D eigenvalue weighted by atomic mass is 9.96. The normalized spacial score (nSPS) is 18.8. The van der Waals surface area contributed by atoms with Crippen LogP contribution in [-0.4, -0.2) is 28.2 Å². The van der Waals surface area contributed by atoms with E-state index >= 15 is 0 Å². The molecule has 1 aliphatic carbocycles. The zero-order chi connectivity index (χ0) is 16.8. The number of aromatic nitrogens is 3. The van der Waals surface area contributed by atoms with Crippen LogP contribution in [-0.2, 0) is 0 Å². The van der Waals surface area contributed by atoms with E-state index in [9.17, 15) is 0 Å². The van der Waals surface area contributed by atoms with Gasteiger partial charge in [-0.2, -0.15) is 4.98 Å². The molecule has 1 aliphatic heterocycles. The summed E-state index contributed by atoms with van der Waals surface area (Å²) in [6.07, 6.45) is 4.49. The van der Waals surface area contributed by atoms with Gasteiger partial charge in [-0.1, -0.05) is 21.1 Å². The van der Waals surface area contributed by atoms with Crippen molar-refractivity contribution in [1.29, 1.82) is 0 Å². The monoisotopic (exact) mass is 398 g/mol. The van der Waals surface area contributed by atoms with Crippen LogP contribution in [0.15, 0.2) is 39.3 Å². The highest BCUT2D eigenvalue weighted by Crippen LogP contribution is 2.40. The number of benzene rings is 1. The van der Waals surface area contributed by atoms with Gasteiger partial charge in [-0.25, -0.2) is 4.98 Å². The average Bonchev–Trinajstić information content (AvgIpc) is 3.38. The van der Waals surface area contributed by atoms with Crippen LogP contribution >= 0.6 is 15.9 Å². The number of pyridine rings is 1. The number of piperidine rings is 1. The minimum atomic E-state index is 0.406. The number of rotatable bonds is 3. The Morgan fingerprint density at radius 3 is 2.60 bits per heavy atom. The minimum Gasteiger partial charge on any atom is -0.357 e. The van der Waals surface area contributed by atoms with Crippen LogP contribution in [0.3, 0.4) is 0 Å². The average molecular weight is 399 g/mol. The molecule has 0 atom stereocenters. The van der Waals surface area contributed by atoms with E-state index in [4.69, 9.17) is 9.51 Å². The van der Waals surface area contributed by atoms with Crippen LogP contribution in [0.4, 0.5) is 5.82 Å². The lowest BCUT2D eigenvalue weighted by molar-refractivity contribution is 0.364. The van der Waals surface area contributed by atoms with Gasteiger partial charge < -0.3 is 9.42 Å². The molecule has 25 heavy (non-hydrogen) atoms. The second-order valence-electron chi connectivity index (χ2n) is 7.03. The SMILES string of the molecule is Brc1ccc2nc(N3CCC(c4noc(C5CC5)n4)CC3)ccc2c1. The molecule has 0 spiro atoms. The molecule has 0 bridgehead atoms. The van der Waals surface area contributed by atoms with Crippen LogP contribution in [0.5, 0.6) is 0 Å². The Labute approximate surface area is 154 Å². The zero-order valence-corrected chi connectivity index (χ0v) is 15.4. The summed E-state index contributed by atoms with van der Waals surface area (Å²) in [4.78, 5) is 11.8. The summed E-state index contributed by atoms with van der Waals surface area (Å²) < 4.78 is 6.50. The molecule has 2 fully saturated rings. The fourth-order valence-electron chi connectivity index (χ4n) is 3.54. The maximum atomic E-state index is 5.42. The fourth-order valence-corrected chi connectivity index (χ4v) is 3.92. The van der Waals surface area contributed by atoms with Gasteiger partial charge in [0.25, 0.3) is 0 Å². The summed E-state index contributed by atoms with van der Waals surface area (Å²) in [5.74, 6) is 3.74. The second kappa shape index (κ2) is 6.09. The molecule has 3 heterocycles. The summed E-state index contributed by atoms with van der Waals surface area (Å²) in [5, 5.41) is 5.38. The van der Waals surface area contributed by atoms with E-state index in [2.05, 4.69) is 55.2 Å². The van der Waals surface area contributed by atoms with Crippen molar-refractivity contribution in [2.24, 2.45) is 0 Å². The van der Waals surface area contributed by atoms with E-state index < -0.39 is 0 Å². The summed E-state index contributed by atoms with van der Waals surface area (Å²) >= 11 is 3.51. The van der Waals surface area contributed by atoms with Crippen LogP contribution in [0, 0.1) is 0 Å². The third kappa shape index (κ3) is 3.03. The lowest BCUT2D eigenvalue weighted by Gasteiger charge is -2.31. The molecule has 2 aromatic heterocycles. The van der Waals surface area contributed by atoms with Gasteiger partial charge >= 0.3 is 0 Å². The highest BCUT2D eigenvalue weighted by atomic mass is 79.9. The largest absolute Gasteiger partial charge is 0.357 e. The predicted octanol–water partition coefficient (Wildman–Crippen LogP) is 4.64. The Bertz CT molecular complexity index is 913. The molecule has 0 radical (unpaired) electrons. The van der Waals surface area contributed by atoms with E-state index in [-0.39, 0.29) is 0 Å². The molecular weight excluding hydrogens is 380 g/mol. The molecule has 2 aliphatic rings. The first-order chi connectivity index (χ1) is 12.3. The summed E-state index contributed by atoms with van der Waals surface area (Å²) in [6.45, 7) is 1.96. The Morgan fingerprint density at radius 2 is 1.80 bits per heavy atom. The van der Waals surface area contributed by atoms with Gasteiger partial charge in [-0.3, -0.25) is 0 Å². The Hall–Kier alpha value is -1.95. The maximum Gasteiger partial charge on any atom is 0.229 e. The van der Waals surface area contributed by atoms with Crippen molar-refractivity contribution in [3.63, 3.8) is 0 Å². The van der Waals surface area contributed by atoms with Crippen molar-refractivity contribution in [1.82, 2.24) is 15.1 Å². The molecule has 0 amide bonds. The van der Waals surface area contributed by atoms with Gasteiger partial charge in [-0.15, -0.1) is 0 Å². The van der Waals surface area contributed by atoms with Gasteiger partial charge in [-0.05, 0) is 56.0 Å². The van der Waals surface area contributed by atoms with Crippen LogP contribution in [0.1, 0.15) is 49.2 Å². The Balaban J connectivity index is 1.29. The second-order valence-corrected chi connectivity index (χ2v) is 7.95. The molecule has 1 saturated heterocycles. The molecule has 5 nitrogen and oxygen atoms in total. The van der Waals surface area contributed by atoms with Gasteiger partial charge in [0.2, 0.25) is 5.89 Å². The number of hydrogen-bond donors (Lipinski definition) is 0. The van der Waals surface area contributed by atoms with Crippen molar-refractivity contribution >= 4 is 32.7 Å². The third-order valence-electron chi connectivity index (χ3n) is 5.20. The van der Waals surface area contributed by atoms with Gasteiger partial charge in [0.05, 0.1) is 5.52 Å². The van der Waals surface area contributed by atoms with E-state index in [1.165, 1.54) is 12.8 Å². The highest BCUT2D eigenvalue weighted by molar-refractivity contribution is 9.10. The maximum absolute atomic E-state index is 5.42. The number of halogens is 1. The first-order valence-corrected chi connectivity index (χ1v) is 9.70. The van der Waals surface area contributed by atoms with Crippen LogP contribution in [0.25, 0.3) is 10.9 Å². The van der Waals surface area contributed by atoms with Gasteiger partial charge in [0, 0.05) is 34.8 Å². The van der Waals surface area contributed by atoms with Crippen molar-refractivity contribution in [3.8, 4) is 0 Å². The minimum absolute atomic E-state index is 0.406. The fraction of sp³-hybridized carbons (Fsp3) is 0.421. The molecule has 0 unspecified atom stereocenters. The highest BCUT2D eigenvalue weighted by Gasteiger charge is 2.32. The van der Waals surface area contributed by atoms with Crippen molar-refractivity contribution in [2.75, 3.05) is 18.0 Å².